The summed E-state index contributed by atoms with van der Waals surface area (Å²) in [7, 11) is 0. The molecule has 0 fully saturated rings. The van der Waals surface area contributed by atoms with Crippen molar-refractivity contribution >= 4 is 11.6 Å². The molecule has 0 aliphatic carbocycles. The molecule has 0 radical (unpaired) electrons. The van der Waals surface area contributed by atoms with Crippen LogP contribution >= 0.6 is 0 Å². The molecule has 7 heteroatoms. The number of para-hydroxylation sites is 2. The molecule has 0 aliphatic heterocycles. The topological polar surface area (TPSA) is 98.7 Å². The highest BCUT2D eigenvalue weighted by atomic mass is 16.2. The number of nitrogens with zero attached hydrogens (tertiary/aromatic N) is 4. The van der Waals surface area contributed by atoms with Gasteiger partial charge in [0.25, 0.3) is 0 Å². The third-order valence-corrected chi connectivity index (χ3v) is 3.93. The van der Waals surface area contributed by atoms with Gasteiger partial charge in [0.15, 0.2) is 0 Å². The number of benzene rings is 1. The van der Waals surface area contributed by atoms with Crippen LogP contribution in [0, 0.1) is 5.41 Å². The Bertz CT molecular complexity index is 627. The van der Waals surface area contributed by atoms with Crippen LogP contribution in [0.3, 0.4) is 0 Å². The lowest BCUT2D eigenvalue weighted by Crippen LogP contribution is -2.53. The molecule has 0 spiro atoms. The smallest absolute Gasteiger partial charge is 0.231 e. The van der Waals surface area contributed by atoms with E-state index in [1.54, 1.807) is 6.07 Å². The molecule has 0 bridgehead atoms. The molecule has 0 aliphatic rings. The SMILES string of the molecule is CC(C)(N)C(C)(C)C(=O)Nc1ccccc1-n1cnnn1. The van der Waals surface area contributed by atoms with Gasteiger partial charge in [-0.25, -0.2) is 0 Å². The average Bonchev–Trinajstić information content (AvgIpc) is 2.91. The van der Waals surface area contributed by atoms with Crippen LogP contribution in [0.1, 0.15) is 27.7 Å². The van der Waals surface area contributed by atoms with Gasteiger partial charge in [0, 0.05) is 5.54 Å². The van der Waals surface area contributed by atoms with Crippen molar-refractivity contribution < 1.29 is 4.79 Å². The number of nitrogens with one attached hydrogen (secondary N) is 1. The maximum absolute atomic E-state index is 12.6. The first kappa shape index (κ1) is 15.1. The minimum Gasteiger partial charge on any atom is -0.325 e. The zero-order chi connectivity index (χ0) is 15.7. The van der Waals surface area contributed by atoms with Gasteiger partial charge < -0.3 is 11.1 Å². The first-order valence-electron chi connectivity index (χ1n) is 6.66. The number of hydrogen-bond donors (Lipinski definition) is 2. The molecule has 0 atom stereocenters. The van der Waals surface area contributed by atoms with Gasteiger partial charge >= 0.3 is 0 Å². The van der Waals surface area contributed by atoms with E-state index in [0.717, 1.165) is 0 Å². The average molecular weight is 288 g/mol. The molecule has 3 N–H and O–H groups in total. The van der Waals surface area contributed by atoms with Gasteiger partial charge in [-0.3, -0.25) is 4.79 Å². The summed E-state index contributed by atoms with van der Waals surface area (Å²) in [5.74, 6) is -0.157. The van der Waals surface area contributed by atoms with E-state index in [4.69, 9.17) is 5.73 Å². The molecule has 2 rings (SSSR count). The number of rotatable bonds is 4. The number of hydrogen-bond acceptors (Lipinski definition) is 5. The van der Waals surface area contributed by atoms with Crippen LogP contribution in [0.2, 0.25) is 0 Å². The number of anilines is 1. The molecule has 1 aromatic carbocycles. The molecule has 0 saturated carbocycles. The van der Waals surface area contributed by atoms with Crippen molar-refractivity contribution in [2.24, 2.45) is 11.1 Å². The Labute approximate surface area is 123 Å². The lowest BCUT2D eigenvalue weighted by atomic mass is 9.74. The van der Waals surface area contributed by atoms with Gasteiger partial charge in [-0.1, -0.05) is 12.1 Å². The second-order valence-corrected chi connectivity index (χ2v) is 6.07. The third kappa shape index (κ3) is 2.92. The van der Waals surface area contributed by atoms with Crippen LogP contribution in [-0.4, -0.2) is 31.7 Å². The number of amides is 1. The minimum absolute atomic E-state index is 0.157. The van der Waals surface area contributed by atoms with E-state index in [1.165, 1.54) is 11.0 Å². The molecule has 1 heterocycles. The van der Waals surface area contributed by atoms with Crippen LogP contribution in [0.25, 0.3) is 5.69 Å². The lowest BCUT2D eigenvalue weighted by Gasteiger charge is -2.37. The van der Waals surface area contributed by atoms with Crippen molar-refractivity contribution in [1.29, 1.82) is 0 Å². The van der Waals surface area contributed by atoms with Crippen molar-refractivity contribution in [2.45, 2.75) is 33.2 Å². The van der Waals surface area contributed by atoms with Crippen molar-refractivity contribution in [3.63, 3.8) is 0 Å². The van der Waals surface area contributed by atoms with Crippen LogP contribution in [0.5, 0.6) is 0 Å². The first-order valence-corrected chi connectivity index (χ1v) is 6.66. The molecule has 1 amide bonds. The quantitative estimate of drug-likeness (QED) is 0.885. The molecule has 1 aromatic heterocycles. The molecule has 2 aromatic rings. The Balaban J connectivity index is 2.31. The Kier molecular flexibility index (Phi) is 3.78. The molecular weight excluding hydrogens is 268 g/mol. The Morgan fingerprint density at radius 3 is 2.48 bits per heavy atom. The predicted octanol–water partition coefficient (Wildman–Crippen LogP) is 1.36. The summed E-state index contributed by atoms with van der Waals surface area (Å²) >= 11 is 0. The summed E-state index contributed by atoms with van der Waals surface area (Å²) in [6.07, 6.45) is 1.48. The van der Waals surface area contributed by atoms with Crippen LogP contribution < -0.4 is 11.1 Å². The highest BCUT2D eigenvalue weighted by Gasteiger charge is 2.40. The van der Waals surface area contributed by atoms with Crippen molar-refractivity contribution in [2.75, 3.05) is 5.32 Å². The Hall–Kier alpha value is -2.28. The fraction of sp³-hybridized carbons (Fsp3) is 0.429. The fourth-order valence-electron chi connectivity index (χ4n) is 1.62. The van der Waals surface area contributed by atoms with E-state index in [9.17, 15) is 4.79 Å². The summed E-state index contributed by atoms with van der Waals surface area (Å²) in [6, 6.07) is 7.32. The zero-order valence-corrected chi connectivity index (χ0v) is 12.7. The van der Waals surface area contributed by atoms with E-state index in [0.29, 0.717) is 11.4 Å². The van der Waals surface area contributed by atoms with E-state index in [-0.39, 0.29) is 5.91 Å². The van der Waals surface area contributed by atoms with Gasteiger partial charge in [0.05, 0.1) is 16.8 Å². The summed E-state index contributed by atoms with van der Waals surface area (Å²) in [5.41, 5.74) is 6.04. The summed E-state index contributed by atoms with van der Waals surface area (Å²) in [4.78, 5) is 12.6. The number of carbonyl (C=O) groups is 1. The van der Waals surface area contributed by atoms with E-state index in [2.05, 4.69) is 20.8 Å². The Morgan fingerprint density at radius 2 is 1.90 bits per heavy atom. The minimum atomic E-state index is -0.735. The van der Waals surface area contributed by atoms with E-state index < -0.39 is 11.0 Å². The fourth-order valence-corrected chi connectivity index (χ4v) is 1.62. The third-order valence-electron chi connectivity index (χ3n) is 3.93. The normalized spacial score (nSPS) is 12.2. The number of tetrazole rings is 1. The van der Waals surface area contributed by atoms with E-state index in [1.807, 2.05) is 45.9 Å². The van der Waals surface area contributed by atoms with Gasteiger partial charge in [-0.2, -0.15) is 4.68 Å². The Morgan fingerprint density at radius 1 is 1.24 bits per heavy atom. The summed E-state index contributed by atoms with van der Waals surface area (Å²) in [5, 5.41) is 14.0. The van der Waals surface area contributed by atoms with Gasteiger partial charge in [-0.05, 0) is 50.3 Å². The molecule has 0 unspecified atom stereocenters. The van der Waals surface area contributed by atoms with Gasteiger partial charge in [-0.15, -0.1) is 5.10 Å². The monoisotopic (exact) mass is 288 g/mol. The van der Waals surface area contributed by atoms with Gasteiger partial charge in [0.1, 0.15) is 6.33 Å². The van der Waals surface area contributed by atoms with E-state index >= 15 is 0 Å². The van der Waals surface area contributed by atoms with Crippen molar-refractivity contribution in [3.05, 3.63) is 30.6 Å². The van der Waals surface area contributed by atoms with Gasteiger partial charge in [0.2, 0.25) is 5.91 Å². The number of nitrogens with two attached hydrogens (primary N) is 1. The maximum atomic E-state index is 12.6. The second-order valence-electron chi connectivity index (χ2n) is 6.07. The van der Waals surface area contributed by atoms with Crippen LogP contribution in [0.4, 0.5) is 5.69 Å². The lowest BCUT2D eigenvalue weighted by molar-refractivity contribution is -0.126. The first-order chi connectivity index (χ1) is 9.73. The largest absolute Gasteiger partial charge is 0.325 e. The van der Waals surface area contributed by atoms with Crippen molar-refractivity contribution in [1.82, 2.24) is 20.2 Å². The maximum Gasteiger partial charge on any atom is 0.231 e. The second kappa shape index (κ2) is 5.25. The molecular formula is C14H20N6O. The molecule has 112 valence electrons. The highest BCUT2D eigenvalue weighted by molar-refractivity contribution is 5.97. The number of aromatic nitrogens is 4. The summed E-state index contributed by atoms with van der Waals surface area (Å²) in [6.45, 7) is 7.31. The molecule has 7 nitrogen and oxygen atoms in total. The zero-order valence-electron chi connectivity index (χ0n) is 12.7. The number of carbonyl (C=O) groups excluding carboxylic acids is 1. The highest BCUT2D eigenvalue weighted by Crippen LogP contribution is 2.30. The van der Waals surface area contributed by atoms with Crippen molar-refractivity contribution in [3.8, 4) is 5.69 Å². The summed E-state index contributed by atoms with van der Waals surface area (Å²) < 4.78 is 1.50. The standard InChI is InChI=1S/C14H20N6O/c1-13(2,14(3,4)15)12(21)17-10-7-5-6-8-11(10)20-9-16-18-19-20/h5-9H,15H2,1-4H3,(H,17,21). The molecule has 21 heavy (non-hydrogen) atoms. The predicted molar refractivity (Wildman–Crippen MR) is 79.8 cm³/mol. The molecule has 0 saturated heterocycles. The van der Waals surface area contributed by atoms with Crippen LogP contribution in [-0.2, 0) is 4.79 Å². The van der Waals surface area contributed by atoms with Crippen LogP contribution in [0.15, 0.2) is 30.6 Å².